The summed E-state index contributed by atoms with van der Waals surface area (Å²) in [6.45, 7) is 14.1. The normalized spacial score (nSPS) is 15.3. The van der Waals surface area contributed by atoms with Crippen LogP contribution < -0.4 is 0 Å². The Morgan fingerprint density at radius 3 is 1.93 bits per heavy atom. The summed E-state index contributed by atoms with van der Waals surface area (Å²) in [7, 11) is 0. The van der Waals surface area contributed by atoms with Crippen LogP contribution in [0.1, 0.15) is 24.5 Å². The smallest absolute Gasteiger partial charge is 0.0710 e. The highest BCUT2D eigenvalue weighted by Crippen LogP contribution is 2.57. The van der Waals surface area contributed by atoms with Crippen molar-refractivity contribution in [2.45, 2.75) is 18.8 Å². The molecule has 27 heavy (non-hydrogen) atoms. The predicted octanol–water partition coefficient (Wildman–Crippen LogP) is 7.33. The number of allylic oxidation sites excluding steroid dienone is 9. The van der Waals surface area contributed by atoms with Gasteiger partial charge in [0.25, 0.3) is 0 Å². The Morgan fingerprint density at radius 1 is 0.852 bits per heavy atom. The highest BCUT2D eigenvalue weighted by atomic mass is 14.5. The summed E-state index contributed by atoms with van der Waals surface area (Å²) in [6, 6.07) is 17.4. The molecular formula is C27H26. The third-order valence-electron chi connectivity index (χ3n) is 5.17. The lowest BCUT2D eigenvalue weighted by atomic mass is 9.66. The summed E-state index contributed by atoms with van der Waals surface area (Å²) in [5.74, 6) is 0. The molecule has 1 aliphatic carbocycles. The molecule has 134 valence electrons. The summed E-state index contributed by atoms with van der Waals surface area (Å²) in [5.41, 5.74) is 7.08. The van der Waals surface area contributed by atoms with E-state index in [2.05, 4.69) is 93.4 Å². The lowest BCUT2D eigenvalue weighted by Gasteiger charge is -2.35. The molecule has 2 aromatic carbocycles. The fourth-order valence-electron chi connectivity index (χ4n) is 4.23. The maximum atomic E-state index is 4.15. The summed E-state index contributed by atoms with van der Waals surface area (Å²) in [5, 5.41) is 0. The minimum atomic E-state index is -0.404. The summed E-state index contributed by atoms with van der Waals surface area (Å²) in [4.78, 5) is 0. The van der Waals surface area contributed by atoms with Gasteiger partial charge >= 0.3 is 0 Å². The Morgan fingerprint density at radius 2 is 1.44 bits per heavy atom. The van der Waals surface area contributed by atoms with Crippen LogP contribution in [-0.4, -0.2) is 0 Å². The lowest BCUT2D eigenvalue weighted by molar-refractivity contribution is 0.760. The van der Waals surface area contributed by atoms with E-state index in [9.17, 15) is 0 Å². The molecule has 0 aromatic heterocycles. The van der Waals surface area contributed by atoms with Gasteiger partial charge in [-0.2, -0.15) is 0 Å². The van der Waals surface area contributed by atoms with Crippen molar-refractivity contribution in [2.24, 2.45) is 0 Å². The lowest BCUT2D eigenvalue weighted by Crippen LogP contribution is -2.29. The van der Waals surface area contributed by atoms with Gasteiger partial charge in [0.15, 0.2) is 0 Å². The van der Waals surface area contributed by atoms with Crippen molar-refractivity contribution in [3.63, 3.8) is 0 Å². The van der Waals surface area contributed by atoms with Crippen LogP contribution in [0.15, 0.2) is 122 Å². The zero-order valence-corrected chi connectivity index (χ0v) is 16.0. The Hall–Kier alpha value is -3.12. The monoisotopic (exact) mass is 350 g/mol. The molecule has 0 fully saturated rings. The van der Waals surface area contributed by atoms with Crippen molar-refractivity contribution in [1.29, 1.82) is 0 Å². The SMILES string of the molecule is C=C/C=C\C(=C/CC)C1(/C(C=C)=C/C=C)c2ccccc2-c2ccccc21. The van der Waals surface area contributed by atoms with Crippen LogP contribution in [0.4, 0.5) is 0 Å². The van der Waals surface area contributed by atoms with E-state index in [0.29, 0.717) is 0 Å². The molecule has 0 bridgehead atoms. The maximum Gasteiger partial charge on any atom is 0.0710 e. The molecule has 0 unspecified atom stereocenters. The highest BCUT2D eigenvalue weighted by molar-refractivity contribution is 5.87. The first-order chi connectivity index (χ1) is 13.2. The molecule has 0 aliphatic heterocycles. The van der Waals surface area contributed by atoms with Crippen LogP contribution in [0.5, 0.6) is 0 Å². The molecular weight excluding hydrogens is 324 g/mol. The zero-order chi connectivity index (χ0) is 19.3. The highest BCUT2D eigenvalue weighted by Gasteiger charge is 2.46. The van der Waals surface area contributed by atoms with Gasteiger partial charge in [-0.3, -0.25) is 0 Å². The number of hydrogen-bond donors (Lipinski definition) is 0. The van der Waals surface area contributed by atoms with Gasteiger partial charge in [-0.1, -0.05) is 118 Å². The van der Waals surface area contributed by atoms with Gasteiger partial charge in [-0.25, -0.2) is 0 Å². The van der Waals surface area contributed by atoms with E-state index in [4.69, 9.17) is 0 Å². The van der Waals surface area contributed by atoms with Crippen molar-refractivity contribution in [2.75, 3.05) is 0 Å². The van der Waals surface area contributed by atoms with Gasteiger partial charge in [0.2, 0.25) is 0 Å². The maximum absolute atomic E-state index is 4.15. The molecule has 0 amide bonds. The van der Waals surface area contributed by atoms with E-state index in [-0.39, 0.29) is 0 Å². The fraction of sp³-hybridized carbons (Fsp3) is 0.111. The van der Waals surface area contributed by atoms with E-state index in [1.807, 2.05) is 24.3 Å². The van der Waals surface area contributed by atoms with Gasteiger partial charge in [-0.15, -0.1) is 0 Å². The molecule has 0 spiro atoms. The Labute approximate surface area is 163 Å². The molecule has 0 N–H and O–H groups in total. The third kappa shape index (κ3) is 2.88. The van der Waals surface area contributed by atoms with E-state index in [1.54, 1.807) is 0 Å². The zero-order valence-electron chi connectivity index (χ0n) is 16.0. The Balaban J connectivity index is 2.52. The standard InChI is InChI=1S/C27H26/c1-5-9-16-22(15-7-3)27(21(8-4)14-6-2)25-19-12-10-17-23(25)24-18-11-13-20-26(24)27/h5-6,8-20H,1-2,4,7H2,3H3/b16-9-,21-14+,22-15+. The van der Waals surface area contributed by atoms with Crippen molar-refractivity contribution < 1.29 is 0 Å². The molecule has 1 aliphatic rings. The van der Waals surface area contributed by atoms with Crippen LogP contribution in [0.2, 0.25) is 0 Å². The first-order valence-corrected chi connectivity index (χ1v) is 9.40. The summed E-state index contributed by atoms with van der Waals surface area (Å²) >= 11 is 0. The van der Waals surface area contributed by atoms with E-state index < -0.39 is 5.41 Å². The third-order valence-corrected chi connectivity index (χ3v) is 5.17. The van der Waals surface area contributed by atoms with E-state index >= 15 is 0 Å². The molecule has 0 saturated heterocycles. The van der Waals surface area contributed by atoms with Crippen molar-refractivity contribution >= 4 is 0 Å². The average molecular weight is 351 g/mol. The minimum Gasteiger partial charge on any atom is -0.0991 e. The van der Waals surface area contributed by atoms with Crippen LogP contribution >= 0.6 is 0 Å². The van der Waals surface area contributed by atoms with E-state index in [1.165, 1.54) is 27.8 Å². The van der Waals surface area contributed by atoms with Gasteiger partial charge in [-0.05, 0) is 39.8 Å². The molecule has 0 atom stereocenters. The van der Waals surface area contributed by atoms with Crippen molar-refractivity contribution in [1.82, 2.24) is 0 Å². The molecule has 0 radical (unpaired) electrons. The molecule has 0 heteroatoms. The first-order valence-electron chi connectivity index (χ1n) is 9.40. The topological polar surface area (TPSA) is 0 Å². The molecule has 0 heterocycles. The molecule has 3 rings (SSSR count). The van der Waals surface area contributed by atoms with Crippen molar-refractivity contribution in [3.05, 3.63) is 133 Å². The fourth-order valence-corrected chi connectivity index (χ4v) is 4.23. The minimum absolute atomic E-state index is 0.404. The van der Waals surface area contributed by atoms with E-state index in [0.717, 1.165) is 12.0 Å². The van der Waals surface area contributed by atoms with Crippen LogP contribution in [0.3, 0.4) is 0 Å². The second kappa shape index (κ2) is 8.05. The van der Waals surface area contributed by atoms with Gasteiger partial charge in [0, 0.05) is 0 Å². The molecule has 0 nitrogen and oxygen atoms in total. The number of fused-ring (bicyclic) bond motifs is 3. The van der Waals surface area contributed by atoms with Gasteiger partial charge < -0.3 is 0 Å². The molecule has 0 saturated carbocycles. The number of rotatable bonds is 7. The molecule has 2 aromatic rings. The average Bonchev–Trinajstić information content (AvgIpc) is 3.01. The summed E-state index contributed by atoms with van der Waals surface area (Å²) in [6.07, 6.45) is 15.2. The van der Waals surface area contributed by atoms with Crippen LogP contribution in [0, 0.1) is 0 Å². The second-order valence-electron chi connectivity index (χ2n) is 6.57. The van der Waals surface area contributed by atoms with Crippen molar-refractivity contribution in [3.8, 4) is 11.1 Å². The van der Waals surface area contributed by atoms with Gasteiger partial charge in [0.05, 0.1) is 5.41 Å². The summed E-state index contributed by atoms with van der Waals surface area (Å²) < 4.78 is 0. The first kappa shape index (κ1) is 18.7. The Bertz CT molecular complexity index is 918. The van der Waals surface area contributed by atoms with Crippen LogP contribution in [-0.2, 0) is 5.41 Å². The quantitative estimate of drug-likeness (QED) is 0.459. The Kier molecular flexibility index (Phi) is 5.57. The largest absolute Gasteiger partial charge is 0.0991 e. The predicted molar refractivity (Wildman–Crippen MR) is 119 cm³/mol. The number of benzene rings is 2. The second-order valence-corrected chi connectivity index (χ2v) is 6.57. The number of hydrogen-bond acceptors (Lipinski definition) is 0. The van der Waals surface area contributed by atoms with Gasteiger partial charge in [0.1, 0.15) is 0 Å². The van der Waals surface area contributed by atoms with Crippen LogP contribution in [0.25, 0.3) is 11.1 Å².